The van der Waals surface area contributed by atoms with Gasteiger partial charge in [0.05, 0.1) is 17.2 Å². The van der Waals surface area contributed by atoms with Gasteiger partial charge in [-0.2, -0.15) is 5.26 Å². The van der Waals surface area contributed by atoms with Crippen LogP contribution in [0.2, 0.25) is 0 Å². The van der Waals surface area contributed by atoms with Crippen molar-refractivity contribution in [1.82, 2.24) is 10.6 Å². The summed E-state index contributed by atoms with van der Waals surface area (Å²) in [7, 11) is 0. The van der Waals surface area contributed by atoms with Crippen LogP contribution in [-0.2, 0) is 0 Å². The summed E-state index contributed by atoms with van der Waals surface area (Å²) < 4.78 is 0. The van der Waals surface area contributed by atoms with E-state index in [1.54, 1.807) is 12.1 Å². The van der Waals surface area contributed by atoms with Crippen LogP contribution in [0.25, 0.3) is 0 Å². The van der Waals surface area contributed by atoms with Crippen molar-refractivity contribution < 1.29 is 4.79 Å². The molecule has 0 radical (unpaired) electrons. The first-order valence-electron chi connectivity index (χ1n) is 5.23. The number of fused-ring (bicyclic) bond motifs is 1. The van der Waals surface area contributed by atoms with Gasteiger partial charge in [0, 0.05) is 11.6 Å². The molecule has 1 unspecified atom stereocenters. The quantitative estimate of drug-likeness (QED) is 0.781. The number of hydrogen-bond donors (Lipinski definition) is 2. The van der Waals surface area contributed by atoms with Crippen molar-refractivity contribution >= 4 is 5.91 Å². The van der Waals surface area contributed by atoms with E-state index < -0.39 is 0 Å². The molecule has 1 heterocycles. The predicted octanol–water partition coefficient (Wildman–Crippen LogP) is 1.30. The molecule has 0 saturated heterocycles. The van der Waals surface area contributed by atoms with E-state index in [0.717, 1.165) is 5.56 Å². The van der Waals surface area contributed by atoms with Crippen LogP contribution in [0, 0.1) is 11.3 Å². The molecule has 4 heteroatoms. The van der Waals surface area contributed by atoms with Gasteiger partial charge in [-0.15, -0.1) is 0 Å². The second kappa shape index (κ2) is 3.95. The summed E-state index contributed by atoms with van der Waals surface area (Å²) in [5, 5.41) is 15.0. The number of nitriles is 1. The number of benzene rings is 1. The number of nitrogens with zero attached hydrogens (tertiary/aromatic N) is 1. The molecular weight excluding hydrogens is 202 g/mol. The van der Waals surface area contributed by atoms with E-state index in [4.69, 9.17) is 5.26 Å². The molecule has 0 fully saturated rings. The maximum absolute atomic E-state index is 11.7. The van der Waals surface area contributed by atoms with Crippen LogP contribution in [0.5, 0.6) is 0 Å². The van der Waals surface area contributed by atoms with Crippen LogP contribution in [0.15, 0.2) is 18.2 Å². The molecule has 0 aromatic heterocycles. The Morgan fingerprint density at radius 3 is 2.88 bits per heavy atom. The third-order valence-corrected chi connectivity index (χ3v) is 2.53. The molecule has 82 valence electrons. The Morgan fingerprint density at radius 2 is 2.25 bits per heavy atom. The van der Waals surface area contributed by atoms with Gasteiger partial charge in [-0.1, -0.05) is 12.1 Å². The molecule has 1 aliphatic heterocycles. The summed E-state index contributed by atoms with van der Waals surface area (Å²) in [4.78, 5) is 11.7. The summed E-state index contributed by atoms with van der Waals surface area (Å²) in [6, 6.07) is 7.64. The molecule has 1 aromatic carbocycles. The fourth-order valence-corrected chi connectivity index (χ4v) is 1.90. The van der Waals surface area contributed by atoms with Crippen LogP contribution in [-0.4, -0.2) is 11.9 Å². The molecule has 0 aliphatic carbocycles. The van der Waals surface area contributed by atoms with Gasteiger partial charge in [-0.25, -0.2) is 0 Å². The van der Waals surface area contributed by atoms with Gasteiger partial charge in [0.1, 0.15) is 6.17 Å². The topological polar surface area (TPSA) is 64.9 Å². The third kappa shape index (κ3) is 1.66. The van der Waals surface area contributed by atoms with Gasteiger partial charge in [-0.05, 0) is 19.9 Å². The monoisotopic (exact) mass is 215 g/mol. The van der Waals surface area contributed by atoms with Gasteiger partial charge in [0.15, 0.2) is 0 Å². The highest BCUT2D eigenvalue weighted by Gasteiger charge is 2.30. The summed E-state index contributed by atoms with van der Waals surface area (Å²) in [5.41, 5.74) is 1.80. The highest BCUT2D eigenvalue weighted by Crippen LogP contribution is 2.26. The molecule has 1 amide bonds. The van der Waals surface area contributed by atoms with Crippen LogP contribution in [0.4, 0.5) is 0 Å². The van der Waals surface area contributed by atoms with E-state index in [2.05, 4.69) is 10.6 Å². The fraction of sp³-hybridized carbons (Fsp3) is 0.333. The summed E-state index contributed by atoms with van der Waals surface area (Å²) in [6.45, 7) is 4.02. The zero-order valence-corrected chi connectivity index (χ0v) is 9.24. The number of nitrogens with one attached hydrogen (secondary N) is 2. The zero-order chi connectivity index (χ0) is 11.7. The fourth-order valence-electron chi connectivity index (χ4n) is 1.90. The summed E-state index contributed by atoms with van der Waals surface area (Å²) >= 11 is 0. The highest BCUT2D eigenvalue weighted by atomic mass is 16.2. The second-order valence-corrected chi connectivity index (χ2v) is 4.11. The minimum atomic E-state index is -0.184. The molecule has 4 nitrogen and oxygen atoms in total. The second-order valence-electron chi connectivity index (χ2n) is 4.11. The van der Waals surface area contributed by atoms with Crippen molar-refractivity contribution in [3.63, 3.8) is 0 Å². The molecule has 0 spiro atoms. The van der Waals surface area contributed by atoms with Gasteiger partial charge in [0.2, 0.25) is 0 Å². The minimum absolute atomic E-state index is 0.176. The molecule has 0 bridgehead atoms. The lowest BCUT2D eigenvalue weighted by molar-refractivity contribution is 0.0949. The molecule has 2 rings (SSSR count). The Morgan fingerprint density at radius 1 is 1.50 bits per heavy atom. The molecule has 1 aromatic rings. The minimum Gasteiger partial charge on any atom is -0.333 e. The first-order valence-corrected chi connectivity index (χ1v) is 5.23. The normalized spacial score (nSPS) is 18.1. The number of carbonyl (C=O) groups is 1. The van der Waals surface area contributed by atoms with Crippen molar-refractivity contribution in [2.75, 3.05) is 0 Å². The van der Waals surface area contributed by atoms with E-state index in [-0.39, 0.29) is 18.1 Å². The van der Waals surface area contributed by atoms with E-state index in [1.807, 2.05) is 26.0 Å². The Balaban J connectivity index is 2.44. The van der Waals surface area contributed by atoms with Gasteiger partial charge < -0.3 is 5.32 Å². The molecule has 16 heavy (non-hydrogen) atoms. The van der Waals surface area contributed by atoms with E-state index in [1.165, 1.54) is 0 Å². The van der Waals surface area contributed by atoms with Crippen LogP contribution < -0.4 is 10.6 Å². The van der Waals surface area contributed by atoms with E-state index in [0.29, 0.717) is 11.1 Å². The maximum Gasteiger partial charge on any atom is 0.254 e. The Kier molecular flexibility index (Phi) is 2.63. The van der Waals surface area contributed by atoms with Crippen LogP contribution in [0.1, 0.15) is 41.5 Å². The van der Waals surface area contributed by atoms with Crippen molar-refractivity contribution in [3.8, 4) is 6.07 Å². The summed E-state index contributed by atoms with van der Waals surface area (Å²) in [5.74, 6) is -0.176. The Labute approximate surface area is 94.3 Å². The van der Waals surface area contributed by atoms with Crippen molar-refractivity contribution in [2.45, 2.75) is 26.1 Å². The first-order chi connectivity index (χ1) is 7.63. The third-order valence-electron chi connectivity index (χ3n) is 2.53. The van der Waals surface area contributed by atoms with Gasteiger partial charge in [0.25, 0.3) is 5.91 Å². The van der Waals surface area contributed by atoms with Gasteiger partial charge in [-0.3, -0.25) is 10.1 Å². The largest absolute Gasteiger partial charge is 0.333 e. The lowest BCUT2D eigenvalue weighted by atomic mass is 10.0. The van der Waals surface area contributed by atoms with Crippen LogP contribution in [0.3, 0.4) is 0 Å². The lowest BCUT2D eigenvalue weighted by Crippen LogP contribution is -2.35. The summed E-state index contributed by atoms with van der Waals surface area (Å²) in [6.07, 6.45) is -0.184. The number of amides is 1. The standard InChI is InChI=1S/C12H13N3O/c1-7(2)14-11-9-5-3-4-8(6-13)10(9)12(16)15-11/h3-5,7,11,14H,1-2H3,(H,15,16). The molecular formula is C12H13N3O. The van der Waals surface area contributed by atoms with Gasteiger partial charge >= 0.3 is 0 Å². The van der Waals surface area contributed by atoms with Crippen molar-refractivity contribution in [2.24, 2.45) is 0 Å². The SMILES string of the molecule is CC(C)NC1NC(=O)c2c(C#N)cccc21. The van der Waals surface area contributed by atoms with E-state index >= 15 is 0 Å². The first kappa shape index (κ1) is 10.7. The molecule has 2 N–H and O–H groups in total. The Bertz CT molecular complexity index is 474. The smallest absolute Gasteiger partial charge is 0.254 e. The van der Waals surface area contributed by atoms with Crippen molar-refractivity contribution in [1.29, 1.82) is 5.26 Å². The van der Waals surface area contributed by atoms with Crippen LogP contribution >= 0.6 is 0 Å². The number of carbonyl (C=O) groups excluding carboxylic acids is 1. The highest BCUT2D eigenvalue weighted by molar-refractivity contribution is 6.01. The van der Waals surface area contributed by atoms with E-state index in [9.17, 15) is 4.79 Å². The average molecular weight is 215 g/mol. The molecule has 1 aliphatic rings. The number of hydrogen-bond acceptors (Lipinski definition) is 3. The molecule has 1 atom stereocenters. The number of rotatable bonds is 2. The maximum atomic E-state index is 11.7. The molecule has 0 saturated carbocycles. The Hall–Kier alpha value is -1.86. The van der Waals surface area contributed by atoms with Crippen molar-refractivity contribution in [3.05, 3.63) is 34.9 Å². The average Bonchev–Trinajstić information content (AvgIpc) is 2.55. The lowest BCUT2D eigenvalue weighted by Gasteiger charge is -2.16. The zero-order valence-electron chi connectivity index (χ0n) is 9.24. The predicted molar refractivity (Wildman–Crippen MR) is 59.6 cm³/mol.